The molecule has 4 heteroatoms. The second kappa shape index (κ2) is 7.17. The molecule has 1 aromatic rings. The number of benzene rings is 1. The molecule has 0 fully saturated rings. The van der Waals surface area contributed by atoms with Gasteiger partial charge in [-0.15, -0.1) is 0 Å². The molecule has 1 rings (SSSR count). The van der Waals surface area contributed by atoms with Crippen LogP contribution in [0.4, 0.5) is 5.69 Å². The van der Waals surface area contributed by atoms with Crippen molar-refractivity contribution in [3.05, 3.63) is 23.3 Å². The molecule has 1 atom stereocenters. The number of anilines is 1. The van der Waals surface area contributed by atoms with E-state index in [0.717, 1.165) is 24.0 Å². The zero-order chi connectivity index (χ0) is 15.3. The van der Waals surface area contributed by atoms with E-state index < -0.39 is 6.10 Å². The molecular formula is C16H26N2O2. The second-order valence-electron chi connectivity index (χ2n) is 5.26. The number of nitrogens with two attached hydrogens (primary N) is 1. The summed E-state index contributed by atoms with van der Waals surface area (Å²) < 4.78 is 5.74. The Kier molecular flexibility index (Phi) is 5.86. The third kappa shape index (κ3) is 4.15. The first-order valence-corrected chi connectivity index (χ1v) is 7.22. The van der Waals surface area contributed by atoms with Crippen molar-refractivity contribution in [2.75, 3.05) is 5.73 Å². The lowest BCUT2D eigenvalue weighted by Crippen LogP contribution is -2.42. The summed E-state index contributed by atoms with van der Waals surface area (Å²) in [6.45, 7) is 9.78. The van der Waals surface area contributed by atoms with Gasteiger partial charge in [-0.1, -0.05) is 19.9 Å². The van der Waals surface area contributed by atoms with Crippen molar-refractivity contribution in [1.29, 1.82) is 0 Å². The summed E-state index contributed by atoms with van der Waals surface area (Å²) in [6.07, 6.45) is 1.31. The molecule has 4 nitrogen and oxygen atoms in total. The van der Waals surface area contributed by atoms with E-state index in [4.69, 9.17) is 10.5 Å². The van der Waals surface area contributed by atoms with Gasteiger partial charge in [-0.3, -0.25) is 4.79 Å². The van der Waals surface area contributed by atoms with Gasteiger partial charge >= 0.3 is 0 Å². The summed E-state index contributed by atoms with van der Waals surface area (Å²) in [4.78, 5) is 12.1. The highest BCUT2D eigenvalue weighted by Crippen LogP contribution is 2.25. The van der Waals surface area contributed by atoms with Crippen molar-refractivity contribution < 1.29 is 9.53 Å². The topological polar surface area (TPSA) is 64.3 Å². The summed E-state index contributed by atoms with van der Waals surface area (Å²) in [6, 6.07) is 3.96. The van der Waals surface area contributed by atoms with Crippen molar-refractivity contribution in [3.63, 3.8) is 0 Å². The standard InChI is InChI=1S/C16H26N2O2/c1-6-13(7-2)18-16(19)12(5)20-15-9-14(17)10(3)8-11(15)4/h8-9,12-13H,6-7,17H2,1-5H3,(H,18,19). The fraction of sp³-hybridized carbons (Fsp3) is 0.562. The smallest absolute Gasteiger partial charge is 0.260 e. The van der Waals surface area contributed by atoms with E-state index in [1.165, 1.54) is 0 Å². The summed E-state index contributed by atoms with van der Waals surface area (Å²) in [7, 11) is 0. The lowest BCUT2D eigenvalue weighted by Gasteiger charge is -2.20. The Labute approximate surface area is 121 Å². The molecule has 0 aliphatic carbocycles. The highest BCUT2D eigenvalue weighted by Gasteiger charge is 2.18. The number of carbonyl (C=O) groups excluding carboxylic acids is 1. The van der Waals surface area contributed by atoms with Gasteiger partial charge in [-0.05, 0) is 44.7 Å². The zero-order valence-electron chi connectivity index (χ0n) is 13.1. The number of nitrogens with one attached hydrogen (secondary N) is 1. The molecule has 0 bridgehead atoms. The van der Waals surface area contributed by atoms with Crippen LogP contribution < -0.4 is 15.8 Å². The normalized spacial score (nSPS) is 12.3. The van der Waals surface area contributed by atoms with Crippen molar-refractivity contribution in [1.82, 2.24) is 5.32 Å². The predicted molar refractivity (Wildman–Crippen MR) is 82.9 cm³/mol. The molecule has 1 unspecified atom stereocenters. The average Bonchev–Trinajstić information content (AvgIpc) is 2.41. The first-order valence-electron chi connectivity index (χ1n) is 7.22. The Morgan fingerprint density at radius 1 is 1.25 bits per heavy atom. The van der Waals surface area contributed by atoms with Crippen LogP contribution in [0.25, 0.3) is 0 Å². The molecule has 0 aliphatic heterocycles. The van der Waals surface area contributed by atoms with Crippen LogP contribution in [0, 0.1) is 13.8 Å². The van der Waals surface area contributed by atoms with Crippen molar-refractivity contribution in [2.45, 2.75) is 59.6 Å². The molecule has 112 valence electrons. The second-order valence-corrected chi connectivity index (χ2v) is 5.26. The van der Waals surface area contributed by atoms with Gasteiger partial charge in [-0.25, -0.2) is 0 Å². The average molecular weight is 278 g/mol. The number of nitrogen functional groups attached to an aromatic ring is 1. The number of aryl methyl sites for hydroxylation is 2. The lowest BCUT2D eigenvalue weighted by atomic mass is 10.1. The highest BCUT2D eigenvalue weighted by atomic mass is 16.5. The van der Waals surface area contributed by atoms with Crippen molar-refractivity contribution >= 4 is 11.6 Å². The van der Waals surface area contributed by atoms with Gasteiger partial charge in [0.1, 0.15) is 5.75 Å². The van der Waals surface area contributed by atoms with Gasteiger partial charge in [0.2, 0.25) is 0 Å². The maximum Gasteiger partial charge on any atom is 0.260 e. The Morgan fingerprint density at radius 3 is 2.40 bits per heavy atom. The van der Waals surface area contributed by atoms with E-state index in [1.54, 1.807) is 13.0 Å². The van der Waals surface area contributed by atoms with Crippen LogP contribution in [-0.4, -0.2) is 18.1 Å². The quantitative estimate of drug-likeness (QED) is 0.786. The molecule has 0 heterocycles. The van der Waals surface area contributed by atoms with Gasteiger partial charge in [0.25, 0.3) is 5.91 Å². The number of amides is 1. The zero-order valence-corrected chi connectivity index (χ0v) is 13.1. The first-order chi connectivity index (χ1) is 9.38. The van der Waals surface area contributed by atoms with E-state index >= 15 is 0 Å². The molecule has 1 amide bonds. The molecule has 3 N–H and O–H groups in total. The van der Waals surface area contributed by atoms with Crippen molar-refractivity contribution in [3.8, 4) is 5.75 Å². The molecule has 0 saturated carbocycles. The van der Waals surface area contributed by atoms with Gasteiger partial charge < -0.3 is 15.8 Å². The van der Waals surface area contributed by atoms with Crippen molar-refractivity contribution in [2.24, 2.45) is 0 Å². The molecule has 20 heavy (non-hydrogen) atoms. The molecule has 0 aromatic heterocycles. The minimum absolute atomic E-state index is 0.0859. The van der Waals surface area contributed by atoms with Crippen LogP contribution in [0.3, 0.4) is 0 Å². The minimum atomic E-state index is -0.531. The predicted octanol–water partition coefficient (Wildman–Crippen LogP) is 2.96. The highest BCUT2D eigenvalue weighted by molar-refractivity contribution is 5.81. The van der Waals surface area contributed by atoms with Gasteiger partial charge in [-0.2, -0.15) is 0 Å². The molecule has 1 aromatic carbocycles. The Bertz CT molecular complexity index is 468. The van der Waals surface area contributed by atoms with Crippen LogP contribution in [0.15, 0.2) is 12.1 Å². The third-order valence-electron chi connectivity index (χ3n) is 3.57. The van der Waals surface area contributed by atoms with E-state index in [0.29, 0.717) is 11.4 Å². The Balaban J connectivity index is 2.73. The van der Waals surface area contributed by atoms with Crippen LogP contribution in [0.5, 0.6) is 5.75 Å². The monoisotopic (exact) mass is 278 g/mol. The minimum Gasteiger partial charge on any atom is -0.481 e. The number of hydrogen-bond acceptors (Lipinski definition) is 3. The Hall–Kier alpha value is -1.71. The number of carbonyl (C=O) groups is 1. The number of hydrogen-bond donors (Lipinski definition) is 2. The van der Waals surface area contributed by atoms with Crippen LogP contribution >= 0.6 is 0 Å². The Morgan fingerprint density at radius 2 is 1.85 bits per heavy atom. The summed E-state index contributed by atoms with van der Waals surface area (Å²) >= 11 is 0. The van der Waals surface area contributed by atoms with E-state index in [-0.39, 0.29) is 11.9 Å². The maximum absolute atomic E-state index is 12.1. The molecule has 0 spiro atoms. The van der Waals surface area contributed by atoms with Gasteiger partial charge in [0.05, 0.1) is 0 Å². The SMILES string of the molecule is CCC(CC)NC(=O)C(C)Oc1cc(N)c(C)cc1C. The summed E-state index contributed by atoms with van der Waals surface area (Å²) in [5, 5.41) is 2.99. The fourth-order valence-electron chi connectivity index (χ4n) is 2.03. The van der Waals surface area contributed by atoms with E-state index in [2.05, 4.69) is 19.2 Å². The summed E-state index contributed by atoms with van der Waals surface area (Å²) in [5.41, 5.74) is 8.57. The number of ether oxygens (including phenoxy) is 1. The van der Waals surface area contributed by atoms with Crippen LogP contribution in [0.2, 0.25) is 0 Å². The molecule has 0 radical (unpaired) electrons. The third-order valence-corrected chi connectivity index (χ3v) is 3.57. The number of rotatable bonds is 6. The van der Waals surface area contributed by atoms with Gasteiger partial charge in [0, 0.05) is 17.8 Å². The fourth-order valence-corrected chi connectivity index (χ4v) is 2.03. The van der Waals surface area contributed by atoms with E-state index in [1.807, 2.05) is 19.9 Å². The lowest BCUT2D eigenvalue weighted by molar-refractivity contribution is -0.128. The van der Waals surface area contributed by atoms with Crippen LogP contribution in [-0.2, 0) is 4.79 Å². The largest absolute Gasteiger partial charge is 0.481 e. The summed E-state index contributed by atoms with van der Waals surface area (Å²) in [5.74, 6) is 0.581. The molecule has 0 aliphatic rings. The first kappa shape index (κ1) is 16.3. The van der Waals surface area contributed by atoms with Crippen LogP contribution in [0.1, 0.15) is 44.7 Å². The molecule has 0 saturated heterocycles. The molecular weight excluding hydrogens is 252 g/mol. The van der Waals surface area contributed by atoms with E-state index in [9.17, 15) is 4.79 Å². The van der Waals surface area contributed by atoms with Gasteiger partial charge in [0.15, 0.2) is 6.10 Å². The maximum atomic E-state index is 12.1.